The number of likely N-dealkylation sites (tertiary alicyclic amines) is 1. The fraction of sp³-hybridized carbons (Fsp3) is 0.238. The second kappa shape index (κ2) is 8.99. The molecule has 6 nitrogen and oxygen atoms in total. The van der Waals surface area contributed by atoms with Gasteiger partial charge in [0.2, 0.25) is 11.0 Å². The van der Waals surface area contributed by atoms with Gasteiger partial charge >= 0.3 is 6.18 Å². The minimum absolute atomic E-state index is 0.103. The van der Waals surface area contributed by atoms with E-state index in [0.717, 1.165) is 34.3 Å². The molecular formula is C21H16BrF3N4O2S. The molecule has 2 amide bonds. The molecule has 1 saturated heterocycles. The van der Waals surface area contributed by atoms with Crippen LogP contribution in [0.2, 0.25) is 0 Å². The highest BCUT2D eigenvalue weighted by molar-refractivity contribution is 9.10. The van der Waals surface area contributed by atoms with E-state index in [0.29, 0.717) is 29.5 Å². The largest absolute Gasteiger partial charge is 0.416 e. The Morgan fingerprint density at radius 1 is 1.06 bits per heavy atom. The number of anilines is 1. The average molecular weight is 525 g/mol. The Hall–Kier alpha value is -2.79. The molecule has 1 aromatic heterocycles. The van der Waals surface area contributed by atoms with Crippen LogP contribution in [0, 0.1) is 0 Å². The first-order valence-corrected chi connectivity index (χ1v) is 11.2. The van der Waals surface area contributed by atoms with Crippen LogP contribution in [0.3, 0.4) is 0 Å². The topological polar surface area (TPSA) is 75.2 Å². The Kier molecular flexibility index (Phi) is 6.29. The van der Waals surface area contributed by atoms with Crippen molar-refractivity contribution in [3.05, 3.63) is 64.1 Å². The van der Waals surface area contributed by atoms with Crippen molar-refractivity contribution in [2.45, 2.75) is 25.1 Å². The predicted molar refractivity (Wildman–Crippen MR) is 117 cm³/mol. The van der Waals surface area contributed by atoms with Gasteiger partial charge in [-0.15, -0.1) is 10.2 Å². The van der Waals surface area contributed by atoms with Crippen molar-refractivity contribution in [2.75, 3.05) is 11.9 Å². The summed E-state index contributed by atoms with van der Waals surface area (Å²) in [6, 6.07) is 10.8. The van der Waals surface area contributed by atoms with Crippen LogP contribution in [0.5, 0.6) is 0 Å². The zero-order valence-corrected chi connectivity index (χ0v) is 18.8. The molecule has 1 N–H and O–H groups in total. The first kappa shape index (κ1) is 22.4. The second-order valence-corrected chi connectivity index (χ2v) is 9.03. The van der Waals surface area contributed by atoms with Crippen LogP contribution in [0.15, 0.2) is 53.0 Å². The summed E-state index contributed by atoms with van der Waals surface area (Å²) in [5.74, 6) is -0.884. The molecule has 2 heterocycles. The third-order valence-electron chi connectivity index (χ3n) is 5.02. The van der Waals surface area contributed by atoms with Gasteiger partial charge in [-0.25, -0.2) is 0 Å². The van der Waals surface area contributed by atoms with E-state index < -0.39 is 29.6 Å². The minimum Gasteiger partial charge on any atom is -0.327 e. The molecule has 3 aromatic rings. The number of nitrogens with zero attached hydrogens (tertiary/aromatic N) is 3. The van der Waals surface area contributed by atoms with Crippen LogP contribution < -0.4 is 5.32 Å². The zero-order chi connectivity index (χ0) is 22.9. The Labute approximate surface area is 193 Å². The van der Waals surface area contributed by atoms with Crippen LogP contribution in [0.25, 0.3) is 10.6 Å². The number of hydrogen-bond donors (Lipinski definition) is 1. The Bertz CT molecular complexity index is 1130. The monoisotopic (exact) mass is 524 g/mol. The number of carbonyl (C=O) groups is 2. The normalized spacial score (nSPS) is 16.2. The number of amides is 2. The molecule has 1 atom stereocenters. The molecule has 1 aliphatic rings. The molecule has 0 radical (unpaired) electrons. The molecule has 0 bridgehead atoms. The maximum absolute atomic E-state index is 12.8. The fourth-order valence-corrected chi connectivity index (χ4v) is 4.44. The fourth-order valence-electron chi connectivity index (χ4n) is 3.42. The van der Waals surface area contributed by atoms with Gasteiger partial charge in [0.1, 0.15) is 11.0 Å². The molecule has 1 aliphatic heterocycles. The van der Waals surface area contributed by atoms with Crippen LogP contribution >= 0.6 is 27.3 Å². The van der Waals surface area contributed by atoms with E-state index in [4.69, 9.17) is 0 Å². The van der Waals surface area contributed by atoms with Crippen LogP contribution in [0.1, 0.15) is 28.8 Å². The second-order valence-electron chi connectivity index (χ2n) is 7.14. The highest BCUT2D eigenvalue weighted by Crippen LogP contribution is 2.31. The Morgan fingerprint density at radius 2 is 1.75 bits per heavy atom. The molecule has 32 heavy (non-hydrogen) atoms. The van der Waals surface area contributed by atoms with E-state index in [-0.39, 0.29) is 5.56 Å². The maximum Gasteiger partial charge on any atom is 0.416 e. The number of halogens is 4. The summed E-state index contributed by atoms with van der Waals surface area (Å²) in [4.78, 5) is 27.0. The van der Waals surface area contributed by atoms with Gasteiger partial charge < -0.3 is 4.90 Å². The van der Waals surface area contributed by atoms with Gasteiger partial charge in [-0.2, -0.15) is 13.2 Å². The van der Waals surface area contributed by atoms with Crippen LogP contribution in [-0.4, -0.2) is 39.5 Å². The van der Waals surface area contributed by atoms with E-state index in [1.807, 2.05) is 24.3 Å². The summed E-state index contributed by atoms with van der Waals surface area (Å²) in [5.41, 5.74) is 0.125. The van der Waals surface area contributed by atoms with E-state index in [1.165, 1.54) is 16.2 Å². The van der Waals surface area contributed by atoms with Crippen molar-refractivity contribution in [1.29, 1.82) is 0 Å². The molecule has 2 aromatic carbocycles. The van der Waals surface area contributed by atoms with Gasteiger partial charge in [0.25, 0.3) is 5.91 Å². The summed E-state index contributed by atoms with van der Waals surface area (Å²) in [6.45, 7) is 0.345. The van der Waals surface area contributed by atoms with Crippen LogP contribution in [-0.2, 0) is 11.0 Å². The molecule has 0 aliphatic carbocycles. The number of aromatic nitrogens is 2. The SMILES string of the molecule is O=C(Nc1nnc(-c2ccc(Br)cc2)s1)C1CCCN1C(=O)c1ccc(C(F)(F)F)cc1. The summed E-state index contributed by atoms with van der Waals surface area (Å²) in [6.07, 6.45) is -3.41. The van der Waals surface area contributed by atoms with E-state index in [2.05, 4.69) is 31.4 Å². The predicted octanol–water partition coefficient (Wildman–Crippen LogP) is 5.23. The quantitative estimate of drug-likeness (QED) is 0.507. The highest BCUT2D eigenvalue weighted by Gasteiger charge is 2.36. The van der Waals surface area contributed by atoms with Crippen molar-refractivity contribution >= 4 is 44.2 Å². The van der Waals surface area contributed by atoms with Crippen LogP contribution in [0.4, 0.5) is 18.3 Å². The highest BCUT2D eigenvalue weighted by atomic mass is 79.9. The number of nitrogens with one attached hydrogen (secondary N) is 1. The molecular weight excluding hydrogens is 509 g/mol. The van der Waals surface area contributed by atoms with Gasteiger partial charge in [0, 0.05) is 22.1 Å². The third-order valence-corrected chi connectivity index (χ3v) is 6.44. The molecule has 0 saturated carbocycles. The van der Waals surface area contributed by atoms with Crippen molar-refractivity contribution in [3.63, 3.8) is 0 Å². The first-order valence-electron chi connectivity index (χ1n) is 9.61. The lowest BCUT2D eigenvalue weighted by Gasteiger charge is -2.23. The zero-order valence-electron chi connectivity index (χ0n) is 16.4. The molecule has 11 heteroatoms. The summed E-state index contributed by atoms with van der Waals surface area (Å²) >= 11 is 4.58. The van der Waals surface area contributed by atoms with Gasteiger partial charge in [0.05, 0.1) is 5.56 Å². The lowest BCUT2D eigenvalue weighted by molar-refractivity contribution is -0.137. The molecule has 0 spiro atoms. The van der Waals surface area contributed by atoms with E-state index in [9.17, 15) is 22.8 Å². The lowest BCUT2D eigenvalue weighted by Crippen LogP contribution is -2.43. The smallest absolute Gasteiger partial charge is 0.327 e. The van der Waals surface area contributed by atoms with Crippen molar-refractivity contribution < 1.29 is 22.8 Å². The molecule has 4 rings (SSSR count). The van der Waals surface area contributed by atoms with Gasteiger partial charge in [0.15, 0.2) is 0 Å². The summed E-state index contributed by atoms with van der Waals surface area (Å²) in [7, 11) is 0. The first-order chi connectivity index (χ1) is 15.2. The lowest BCUT2D eigenvalue weighted by atomic mass is 10.1. The number of hydrogen-bond acceptors (Lipinski definition) is 5. The molecule has 166 valence electrons. The number of carbonyl (C=O) groups excluding carboxylic acids is 2. The number of rotatable bonds is 4. The van der Waals surface area contributed by atoms with Gasteiger partial charge in [-0.1, -0.05) is 39.4 Å². The number of alkyl halides is 3. The maximum atomic E-state index is 12.8. The van der Waals surface area contributed by atoms with E-state index >= 15 is 0 Å². The Morgan fingerprint density at radius 3 is 2.41 bits per heavy atom. The van der Waals surface area contributed by atoms with E-state index in [1.54, 1.807) is 0 Å². The summed E-state index contributed by atoms with van der Waals surface area (Å²) in [5, 5.41) is 11.7. The van der Waals surface area contributed by atoms with Crippen molar-refractivity contribution in [2.24, 2.45) is 0 Å². The summed E-state index contributed by atoms with van der Waals surface area (Å²) < 4.78 is 39.2. The number of benzene rings is 2. The van der Waals surface area contributed by atoms with Gasteiger partial charge in [-0.3, -0.25) is 14.9 Å². The standard InChI is InChI=1S/C21H16BrF3N4O2S/c22-15-9-5-12(6-10-15)18-27-28-20(32-18)26-17(30)16-2-1-11-29(16)19(31)13-3-7-14(8-4-13)21(23,24)25/h3-10,16H,1-2,11H2,(H,26,28,30). The molecule has 1 fully saturated rings. The minimum atomic E-state index is -4.48. The molecule has 1 unspecified atom stereocenters. The third kappa shape index (κ3) is 4.83. The van der Waals surface area contributed by atoms with Crippen molar-refractivity contribution in [1.82, 2.24) is 15.1 Å². The van der Waals surface area contributed by atoms with Gasteiger partial charge in [-0.05, 0) is 49.2 Å². The van der Waals surface area contributed by atoms with Crippen molar-refractivity contribution in [3.8, 4) is 10.6 Å². The Balaban J connectivity index is 1.44. The average Bonchev–Trinajstić information content (AvgIpc) is 3.43.